The molecule has 0 aliphatic heterocycles. The van der Waals surface area contributed by atoms with Crippen molar-refractivity contribution >= 4 is 15.9 Å². The van der Waals surface area contributed by atoms with Gasteiger partial charge in [-0.2, -0.15) is 8.78 Å². The summed E-state index contributed by atoms with van der Waals surface area (Å²) < 4.78 is 56.3. The number of alkyl halides is 2. The number of sulfonamides is 1. The Balaban J connectivity index is 2.04. The van der Waals surface area contributed by atoms with Gasteiger partial charge in [-0.3, -0.25) is 4.79 Å². The van der Waals surface area contributed by atoms with Crippen LogP contribution < -0.4 is 14.8 Å². The maximum Gasteiger partial charge on any atom is 0.387 e. The molecule has 0 aliphatic carbocycles. The molecule has 6 nitrogen and oxygen atoms in total. The number of hydrogen-bond donors (Lipinski definition) is 2. The lowest BCUT2D eigenvalue weighted by atomic mass is 10.2. The van der Waals surface area contributed by atoms with E-state index in [9.17, 15) is 22.0 Å². The van der Waals surface area contributed by atoms with Crippen LogP contribution in [0.3, 0.4) is 0 Å². The highest BCUT2D eigenvalue weighted by Gasteiger charge is 2.17. The molecule has 1 amide bonds. The molecule has 2 aromatic rings. The van der Waals surface area contributed by atoms with E-state index in [-0.39, 0.29) is 28.8 Å². The number of rotatable bonds is 9. The monoisotopic (exact) mass is 412 g/mol. The van der Waals surface area contributed by atoms with Gasteiger partial charge in [0.25, 0.3) is 5.91 Å². The number of nitrogens with one attached hydrogen (secondary N) is 2. The van der Waals surface area contributed by atoms with E-state index in [1.807, 2.05) is 6.92 Å². The molecule has 9 heteroatoms. The highest BCUT2D eigenvalue weighted by Crippen LogP contribution is 2.20. The first-order valence-corrected chi connectivity index (χ1v) is 10.1. The summed E-state index contributed by atoms with van der Waals surface area (Å²) >= 11 is 0. The lowest BCUT2D eigenvalue weighted by Gasteiger charge is -2.13. The Labute approximate surface area is 163 Å². The number of amides is 1. The topological polar surface area (TPSA) is 84.5 Å². The summed E-state index contributed by atoms with van der Waals surface area (Å²) in [6, 6.07) is 11.4. The molecule has 1 unspecified atom stereocenters. The third-order valence-electron chi connectivity index (χ3n) is 4.02. The molecule has 0 radical (unpaired) electrons. The van der Waals surface area contributed by atoms with E-state index in [0.717, 1.165) is 0 Å². The smallest absolute Gasteiger partial charge is 0.387 e. The molecular formula is C19H22F2N2O4S. The van der Waals surface area contributed by atoms with Crippen LogP contribution in [0.1, 0.15) is 36.2 Å². The maximum absolute atomic E-state index is 12.4. The fourth-order valence-corrected chi connectivity index (χ4v) is 3.67. The van der Waals surface area contributed by atoms with Crippen LogP contribution in [0.15, 0.2) is 53.4 Å². The van der Waals surface area contributed by atoms with Crippen LogP contribution >= 0.6 is 0 Å². The molecule has 28 heavy (non-hydrogen) atoms. The Morgan fingerprint density at radius 1 is 1.11 bits per heavy atom. The average molecular weight is 412 g/mol. The number of halogens is 2. The summed E-state index contributed by atoms with van der Waals surface area (Å²) in [6.45, 7) is 0.646. The molecule has 0 fully saturated rings. The van der Waals surface area contributed by atoms with Crippen LogP contribution in [-0.4, -0.2) is 27.0 Å². The Morgan fingerprint density at radius 3 is 2.36 bits per heavy atom. The second-order valence-electron chi connectivity index (χ2n) is 6.12. The molecular weight excluding hydrogens is 390 g/mol. The Morgan fingerprint density at radius 2 is 1.75 bits per heavy atom. The summed E-state index contributed by atoms with van der Waals surface area (Å²) in [5.41, 5.74) is 0.642. The molecule has 0 spiro atoms. The van der Waals surface area contributed by atoms with Crippen molar-refractivity contribution in [3.8, 4) is 5.75 Å². The zero-order valence-electron chi connectivity index (χ0n) is 15.5. The number of benzene rings is 2. The van der Waals surface area contributed by atoms with Gasteiger partial charge in [-0.05, 0) is 43.7 Å². The van der Waals surface area contributed by atoms with Gasteiger partial charge in [0.15, 0.2) is 0 Å². The minimum atomic E-state index is -3.66. The predicted molar refractivity (Wildman–Crippen MR) is 101 cm³/mol. The maximum atomic E-state index is 12.4. The first kappa shape index (κ1) is 21.8. The van der Waals surface area contributed by atoms with E-state index < -0.39 is 22.5 Å². The second-order valence-corrected chi connectivity index (χ2v) is 7.84. The number of carbonyl (C=O) groups is 1. The van der Waals surface area contributed by atoms with Crippen molar-refractivity contribution in [2.45, 2.75) is 44.4 Å². The predicted octanol–water partition coefficient (Wildman–Crippen LogP) is 3.29. The Hall–Kier alpha value is -2.52. The SMILES string of the molecule is CCC(C)NS(=O)(=O)c1ccc(C(=O)NCc2ccccc2OC(F)F)cc1. The van der Waals surface area contributed by atoms with E-state index in [1.165, 1.54) is 30.3 Å². The van der Waals surface area contributed by atoms with Crippen LogP contribution in [0, 0.1) is 0 Å². The fourth-order valence-electron chi connectivity index (χ4n) is 2.34. The number of hydrogen-bond acceptors (Lipinski definition) is 4. The molecule has 1 atom stereocenters. The van der Waals surface area contributed by atoms with E-state index in [0.29, 0.717) is 12.0 Å². The quantitative estimate of drug-likeness (QED) is 0.662. The Bertz CT molecular complexity index is 902. The van der Waals surface area contributed by atoms with Crippen LogP contribution in [0.25, 0.3) is 0 Å². The average Bonchev–Trinajstić information content (AvgIpc) is 2.66. The first-order chi connectivity index (χ1) is 13.2. The summed E-state index contributed by atoms with van der Waals surface area (Å²) in [7, 11) is -3.66. The summed E-state index contributed by atoms with van der Waals surface area (Å²) in [5, 5.41) is 2.60. The van der Waals surface area contributed by atoms with Crippen molar-refractivity contribution in [2.24, 2.45) is 0 Å². The van der Waals surface area contributed by atoms with Crippen molar-refractivity contribution in [3.05, 3.63) is 59.7 Å². The van der Waals surface area contributed by atoms with E-state index in [4.69, 9.17) is 0 Å². The highest BCUT2D eigenvalue weighted by molar-refractivity contribution is 7.89. The molecule has 0 heterocycles. The number of carbonyl (C=O) groups excluding carboxylic acids is 1. The van der Waals surface area contributed by atoms with E-state index >= 15 is 0 Å². The third-order valence-corrected chi connectivity index (χ3v) is 5.63. The van der Waals surface area contributed by atoms with Crippen LogP contribution in [0.4, 0.5) is 8.78 Å². The van der Waals surface area contributed by atoms with Gasteiger partial charge in [0.2, 0.25) is 10.0 Å². The van der Waals surface area contributed by atoms with Crippen LogP contribution in [0.5, 0.6) is 5.75 Å². The lowest BCUT2D eigenvalue weighted by molar-refractivity contribution is -0.0504. The zero-order valence-corrected chi connectivity index (χ0v) is 16.3. The van der Waals surface area contributed by atoms with Crippen molar-refractivity contribution in [1.82, 2.24) is 10.0 Å². The standard InChI is InChI=1S/C19H22F2N2O4S/c1-3-13(2)23-28(25,26)16-10-8-14(9-11-16)18(24)22-12-15-6-4-5-7-17(15)27-19(20)21/h4-11,13,19,23H,3,12H2,1-2H3,(H,22,24). The molecule has 152 valence electrons. The van der Waals surface area contributed by atoms with Crippen LogP contribution in [-0.2, 0) is 16.6 Å². The highest BCUT2D eigenvalue weighted by atomic mass is 32.2. The molecule has 0 saturated heterocycles. The molecule has 2 N–H and O–H groups in total. The number of ether oxygens (including phenoxy) is 1. The van der Waals surface area contributed by atoms with Gasteiger partial charge in [-0.15, -0.1) is 0 Å². The molecule has 0 aliphatic rings. The van der Waals surface area contributed by atoms with Gasteiger partial charge in [-0.25, -0.2) is 13.1 Å². The van der Waals surface area contributed by atoms with Gasteiger partial charge in [0.1, 0.15) is 5.75 Å². The first-order valence-electron chi connectivity index (χ1n) is 8.66. The molecule has 2 aromatic carbocycles. The normalized spacial score (nSPS) is 12.6. The van der Waals surface area contributed by atoms with Crippen LogP contribution in [0.2, 0.25) is 0 Å². The summed E-state index contributed by atoms with van der Waals surface area (Å²) in [4.78, 5) is 12.3. The molecule has 0 bridgehead atoms. The zero-order chi connectivity index (χ0) is 20.7. The number of para-hydroxylation sites is 1. The van der Waals surface area contributed by atoms with E-state index in [2.05, 4.69) is 14.8 Å². The van der Waals surface area contributed by atoms with Gasteiger partial charge >= 0.3 is 6.61 Å². The largest absolute Gasteiger partial charge is 0.434 e. The molecule has 0 aromatic heterocycles. The van der Waals surface area contributed by atoms with Gasteiger partial charge in [0.05, 0.1) is 4.90 Å². The third kappa shape index (κ3) is 6.00. The van der Waals surface area contributed by atoms with Crippen molar-refractivity contribution < 1.29 is 26.7 Å². The van der Waals surface area contributed by atoms with E-state index in [1.54, 1.807) is 25.1 Å². The Kier molecular flexibility index (Phi) is 7.47. The second kappa shape index (κ2) is 9.61. The summed E-state index contributed by atoms with van der Waals surface area (Å²) in [6.07, 6.45) is 0.649. The minimum Gasteiger partial charge on any atom is -0.434 e. The summed E-state index contributed by atoms with van der Waals surface area (Å²) in [5.74, 6) is -0.485. The van der Waals surface area contributed by atoms with Gasteiger partial charge in [-0.1, -0.05) is 25.1 Å². The molecule has 0 saturated carbocycles. The van der Waals surface area contributed by atoms with Crippen molar-refractivity contribution in [1.29, 1.82) is 0 Å². The fraction of sp³-hybridized carbons (Fsp3) is 0.316. The molecule has 2 rings (SSSR count). The van der Waals surface area contributed by atoms with Gasteiger partial charge < -0.3 is 10.1 Å². The lowest BCUT2D eigenvalue weighted by Crippen LogP contribution is -2.32. The minimum absolute atomic E-state index is 0.0165. The van der Waals surface area contributed by atoms with Crippen molar-refractivity contribution in [3.63, 3.8) is 0 Å². The van der Waals surface area contributed by atoms with Crippen molar-refractivity contribution in [2.75, 3.05) is 0 Å². The van der Waals surface area contributed by atoms with Gasteiger partial charge in [0, 0.05) is 23.7 Å².